The summed E-state index contributed by atoms with van der Waals surface area (Å²) in [7, 11) is 1.68. The number of nitrogens with zero attached hydrogens (tertiary/aromatic N) is 2. The fourth-order valence-corrected chi connectivity index (χ4v) is 5.02. The molecular formula is C22H19BrN2O2S. The second-order valence-electron chi connectivity index (χ2n) is 6.98. The Morgan fingerprint density at radius 1 is 1.14 bits per heavy atom. The van der Waals surface area contributed by atoms with E-state index in [1.165, 1.54) is 15.3 Å². The van der Waals surface area contributed by atoms with E-state index in [0.29, 0.717) is 0 Å². The summed E-state index contributed by atoms with van der Waals surface area (Å²) in [4.78, 5) is 2.53. The predicted octanol–water partition coefficient (Wildman–Crippen LogP) is 6.07. The maximum Gasteiger partial charge on any atom is 0.213 e. The van der Waals surface area contributed by atoms with E-state index >= 15 is 0 Å². The predicted molar refractivity (Wildman–Crippen MR) is 115 cm³/mol. The van der Waals surface area contributed by atoms with Crippen LogP contribution in [-0.2, 0) is 0 Å². The molecular weight excluding hydrogens is 436 g/mol. The number of aryl methyl sites for hydroxylation is 1. The van der Waals surface area contributed by atoms with Gasteiger partial charge in [0.1, 0.15) is 11.5 Å². The van der Waals surface area contributed by atoms with Crippen LogP contribution in [-0.4, -0.2) is 17.8 Å². The highest BCUT2D eigenvalue weighted by atomic mass is 79.9. The molecule has 2 atom stereocenters. The molecule has 6 heteroatoms. The lowest BCUT2D eigenvalue weighted by Crippen LogP contribution is -2.33. The maximum atomic E-state index is 6.41. The summed E-state index contributed by atoms with van der Waals surface area (Å²) in [6, 6.07) is 18.7. The minimum atomic E-state index is -0.261. The molecule has 0 aliphatic carbocycles. The molecule has 3 heterocycles. The molecule has 0 saturated heterocycles. The average Bonchev–Trinajstić information content (AvgIpc) is 3.34. The van der Waals surface area contributed by atoms with Gasteiger partial charge in [0.2, 0.25) is 6.23 Å². The second kappa shape index (κ2) is 6.94. The molecule has 0 radical (unpaired) electrons. The topological polar surface area (TPSA) is 34.1 Å². The fourth-order valence-electron chi connectivity index (χ4n) is 3.79. The Labute approximate surface area is 176 Å². The number of hydrogen-bond donors (Lipinski definition) is 0. The van der Waals surface area contributed by atoms with Crippen molar-refractivity contribution >= 4 is 33.0 Å². The number of methoxy groups -OCH3 is 1. The van der Waals surface area contributed by atoms with Crippen molar-refractivity contribution in [3.63, 3.8) is 0 Å². The molecule has 28 heavy (non-hydrogen) atoms. The van der Waals surface area contributed by atoms with Crippen molar-refractivity contribution in [3.05, 3.63) is 80.0 Å². The Balaban J connectivity index is 1.58. The molecule has 2 aromatic carbocycles. The molecule has 0 N–H and O–H groups in total. The van der Waals surface area contributed by atoms with Gasteiger partial charge in [0.05, 0.1) is 23.7 Å². The van der Waals surface area contributed by atoms with Gasteiger partial charge in [-0.05, 0) is 61.5 Å². The van der Waals surface area contributed by atoms with Gasteiger partial charge in [-0.15, -0.1) is 11.3 Å². The smallest absolute Gasteiger partial charge is 0.213 e. The number of ether oxygens (including phenoxy) is 2. The van der Waals surface area contributed by atoms with Gasteiger partial charge in [-0.1, -0.05) is 15.9 Å². The first-order chi connectivity index (χ1) is 13.6. The lowest BCUT2D eigenvalue weighted by molar-refractivity contribution is -0.0191. The average molecular weight is 455 g/mol. The van der Waals surface area contributed by atoms with Crippen molar-refractivity contribution in [1.82, 2.24) is 5.01 Å². The van der Waals surface area contributed by atoms with E-state index in [2.05, 4.69) is 46.1 Å². The van der Waals surface area contributed by atoms with Crippen LogP contribution in [0.3, 0.4) is 0 Å². The minimum absolute atomic E-state index is 0.158. The molecule has 0 spiro atoms. The van der Waals surface area contributed by atoms with E-state index in [4.69, 9.17) is 14.6 Å². The summed E-state index contributed by atoms with van der Waals surface area (Å²) in [5, 5.41) is 7.12. The zero-order valence-corrected chi connectivity index (χ0v) is 18.0. The summed E-state index contributed by atoms with van der Waals surface area (Å²) in [6.45, 7) is 2.13. The molecule has 0 fully saturated rings. The van der Waals surface area contributed by atoms with Crippen LogP contribution in [0.25, 0.3) is 0 Å². The number of hydrogen-bond acceptors (Lipinski definition) is 5. The van der Waals surface area contributed by atoms with E-state index < -0.39 is 0 Å². The Hall–Kier alpha value is -2.31. The third-order valence-electron chi connectivity index (χ3n) is 5.18. The highest BCUT2D eigenvalue weighted by Crippen LogP contribution is 2.48. The van der Waals surface area contributed by atoms with Crippen molar-refractivity contribution in [2.24, 2.45) is 5.10 Å². The normalized spacial score (nSPS) is 20.2. The van der Waals surface area contributed by atoms with Crippen LogP contribution in [0.15, 0.2) is 64.2 Å². The van der Waals surface area contributed by atoms with Crippen LogP contribution >= 0.6 is 27.3 Å². The van der Waals surface area contributed by atoms with E-state index in [0.717, 1.165) is 33.7 Å². The van der Waals surface area contributed by atoms with Gasteiger partial charge in [-0.25, -0.2) is 5.01 Å². The molecule has 4 nitrogen and oxygen atoms in total. The van der Waals surface area contributed by atoms with Crippen molar-refractivity contribution in [2.75, 3.05) is 7.11 Å². The highest BCUT2D eigenvalue weighted by Gasteiger charge is 2.41. The summed E-state index contributed by atoms with van der Waals surface area (Å²) in [6.07, 6.45) is 0.613. The molecule has 2 aliphatic heterocycles. The molecule has 0 amide bonds. The molecule has 0 unspecified atom stereocenters. The third-order valence-corrected chi connectivity index (χ3v) is 6.72. The first-order valence-electron chi connectivity index (χ1n) is 9.15. The summed E-state index contributed by atoms with van der Waals surface area (Å²) in [5.41, 5.74) is 3.36. The summed E-state index contributed by atoms with van der Waals surface area (Å²) >= 11 is 5.40. The highest BCUT2D eigenvalue weighted by molar-refractivity contribution is 9.10. The minimum Gasteiger partial charge on any atom is -0.497 e. The largest absolute Gasteiger partial charge is 0.497 e. The summed E-state index contributed by atoms with van der Waals surface area (Å²) < 4.78 is 12.8. The summed E-state index contributed by atoms with van der Waals surface area (Å²) in [5.74, 6) is 1.75. The molecule has 142 valence electrons. The van der Waals surface area contributed by atoms with Crippen LogP contribution in [0.4, 0.5) is 0 Å². The standard InChI is InChI=1S/C22H19BrN2O2S/c1-13-3-10-21(28-13)18-12-19-17-11-15(23)6-9-20(17)27-22(25(19)24-18)14-4-7-16(26-2)8-5-14/h3-11,19,22H,12H2,1-2H3/t19-,22+/m0/s1. The van der Waals surface area contributed by atoms with Gasteiger partial charge in [0.15, 0.2) is 0 Å². The monoisotopic (exact) mass is 454 g/mol. The van der Waals surface area contributed by atoms with Crippen LogP contribution in [0.1, 0.15) is 39.6 Å². The van der Waals surface area contributed by atoms with E-state index in [-0.39, 0.29) is 12.3 Å². The Kier molecular flexibility index (Phi) is 4.40. The van der Waals surface area contributed by atoms with Crippen molar-refractivity contribution in [1.29, 1.82) is 0 Å². The number of benzene rings is 2. The Morgan fingerprint density at radius 2 is 1.96 bits per heavy atom. The Morgan fingerprint density at radius 3 is 2.68 bits per heavy atom. The maximum absolute atomic E-state index is 6.41. The van der Waals surface area contributed by atoms with Crippen LogP contribution in [0.5, 0.6) is 11.5 Å². The zero-order valence-electron chi connectivity index (χ0n) is 15.6. The third kappa shape index (κ3) is 3.01. The van der Waals surface area contributed by atoms with E-state index in [1.54, 1.807) is 18.4 Å². The first kappa shape index (κ1) is 17.8. The van der Waals surface area contributed by atoms with Gasteiger partial charge < -0.3 is 9.47 Å². The number of halogens is 1. The molecule has 0 bridgehead atoms. The molecule has 1 aromatic heterocycles. The van der Waals surface area contributed by atoms with Gasteiger partial charge >= 0.3 is 0 Å². The molecule has 3 aromatic rings. The number of fused-ring (bicyclic) bond motifs is 3. The van der Waals surface area contributed by atoms with Gasteiger partial charge in [0, 0.05) is 26.9 Å². The second-order valence-corrected chi connectivity index (χ2v) is 9.19. The zero-order chi connectivity index (χ0) is 19.3. The van der Waals surface area contributed by atoms with Gasteiger partial charge in [0.25, 0.3) is 0 Å². The van der Waals surface area contributed by atoms with Crippen LogP contribution in [0.2, 0.25) is 0 Å². The Bertz CT molecular complexity index is 1060. The van der Waals surface area contributed by atoms with Crippen molar-refractivity contribution in [2.45, 2.75) is 25.6 Å². The van der Waals surface area contributed by atoms with E-state index in [1.807, 2.05) is 36.4 Å². The van der Waals surface area contributed by atoms with Crippen LogP contribution in [0, 0.1) is 6.92 Å². The van der Waals surface area contributed by atoms with E-state index in [9.17, 15) is 0 Å². The lowest BCUT2D eigenvalue weighted by atomic mass is 9.97. The fraction of sp³-hybridized carbons (Fsp3) is 0.227. The van der Waals surface area contributed by atoms with Gasteiger partial charge in [-0.2, -0.15) is 5.10 Å². The molecule has 2 aliphatic rings. The lowest BCUT2D eigenvalue weighted by Gasteiger charge is -2.38. The molecule has 5 rings (SSSR count). The van der Waals surface area contributed by atoms with Crippen molar-refractivity contribution < 1.29 is 9.47 Å². The number of rotatable bonds is 3. The SMILES string of the molecule is COc1ccc([C@H]2Oc3ccc(Br)cc3[C@@H]3CC(c4ccc(C)s4)=NN23)cc1. The first-order valence-corrected chi connectivity index (χ1v) is 10.8. The number of thiophene rings is 1. The van der Waals surface area contributed by atoms with Crippen molar-refractivity contribution in [3.8, 4) is 11.5 Å². The number of hydrazone groups is 1. The molecule has 0 saturated carbocycles. The van der Waals surface area contributed by atoms with Gasteiger partial charge in [-0.3, -0.25) is 0 Å². The quantitative estimate of drug-likeness (QED) is 0.481. The van der Waals surface area contributed by atoms with Crippen LogP contribution < -0.4 is 9.47 Å².